The number of hydrogen-bond acceptors (Lipinski definition) is 3. The lowest BCUT2D eigenvalue weighted by Crippen LogP contribution is -2.62. The maximum Gasteiger partial charge on any atom is 0.333 e. The molecule has 0 bridgehead atoms. The van der Waals surface area contributed by atoms with Crippen molar-refractivity contribution in [3.05, 3.63) is 153 Å². The van der Waals surface area contributed by atoms with Gasteiger partial charge in [-0.05, 0) is 224 Å². The van der Waals surface area contributed by atoms with Crippen LogP contribution in [-0.4, -0.2) is 6.85 Å². The molecule has 0 atom stereocenters. The van der Waals surface area contributed by atoms with Gasteiger partial charge >= 0.3 is 6.85 Å². The molecular formula is C70H75BN2O. The number of benzene rings is 6. The molecule has 6 aromatic carbocycles. The van der Waals surface area contributed by atoms with Crippen molar-refractivity contribution in [3.8, 4) is 34.1 Å². The fourth-order valence-corrected chi connectivity index (χ4v) is 15.2. The molecule has 13 rings (SSSR count). The van der Waals surface area contributed by atoms with E-state index in [2.05, 4.69) is 222 Å². The number of furan rings is 1. The Morgan fingerprint density at radius 3 is 1.88 bits per heavy atom. The zero-order valence-corrected chi connectivity index (χ0v) is 47.1. The molecule has 0 unspecified atom stereocenters. The second-order valence-corrected chi connectivity index (χ2v) is 27.7. The zero-order chi connectivity index (χ0) is 52.0. The van der Waals surface area contributed by atoms with E-state index in [1.807, 2.05) is 0 Å². The Kier molecular flexibility index (Phi) is 9.93. The maximum atomic E-state index is 6.93. The van der Waals surface area contributed by atoms with Gasteiger partial charge in [0, 0.05) is 34.4 Å². The van der Waals surface area contributed by atoms with E-state index in [0.29, 0.717) is 0 Å². The molecule has 0 N–H and O–H groups in total. The lowest BCUT2D eigenvalue weighted by Gasteiger charge is -2.49. The molecule has 4 heteroatoms. The Hall–Kier alpha value is -6.18. The molecule has 0 radical (unpaired) electrons. The third-order valence-corrected chi connectivity index (χ3v) is 19.8. The van der Waals surface area contributed by atoms with Crippen LogP contribution in [0.5, 0.6) is 0 Å². The highest BCUT2D eigenvalue weighted by atomic mass is 16.3. The molecule has 2 aliphatic heterocycles. The number of hydrogen-bond donors (Lipinski definition) is 0. The highest BCUT2D eigenvalue weighted by molar-refractivity contribution is 6.94. The van der Waals surface area contributed by atoms with Crippen molar-refractivity contribution in [2.45, 2.75) is 170 Å². The molecule has 3 heterocycles. The Balaban J connectivity index is 1.22. The summed E-state index contributed by atoms with van der Waals surface area (Å²) < 4.78 is 6.93. The summed E-state index contributed by atoms with van der Waals surface area (Å²) in [5.41, 5.74) is 28.6. The SMILES string of the molecule is Cc1cc(C)c(-c2cc3c4c(c2)N(C2=CC5=C(CC#C2)C(C)(C)CCC5(C)C)c2c(ccc5oc6ccccc6c25)B4N(c2ccc4c(c2)C(C)(C)CCC4(C)C)c2cc4c(cc2-3)C(C)(C)CCC4(C)C)c(C)c1. The number of para-hydroxylation sites is 1. The topological polar surface area (TPSA) is 19.6 Å². The fraction of sp³-hybridized carbons (Fsp3) is 0.400. The third kappa shape index (κ3) is 6.79. The Bertz CT molecular complexity index is 3750. The predicted octanol–water partition coefficient (Wildman–Crippen LogP) is 17.7. The van der Waals surface area contributed by atoms with Crippen molar-refractivity contribution in [1.82, 2.24) is 0 Å². The number of allylic oxidation sites excluding steroid dienone is 4. The van der Waals surface area contributed by atoms with Crippen LogP contribution in [0.1, 0.15) is 167 Å². The zero-order valence-electron chi connectivity index (χ0n) is 47.1. The summed E-state index contributed by atoms with van der Waals surface area (Å²) in [6.07, 6.45) is 10.2. The third-order valence-electron chi connectivity index (χ3n) is 19.8. The summed E-state index contributed by atoms with van der Waals surface area (Å²) in [4.78, 5) is 5.43. The van der Waals surface area contributed by atoms with Crippen molar-refractivity contribution in [2.24, 2.45) is 10.8 Å². The summed E-state index contributed by atoms with van der Waals surface area (Å²) in [6, 6.07) is 36.2. The van der Waals surface area contributed by atoms with Crippen LogP contribution in [0.25, 0.3) is 44.2 Å². The lowest BCUT2D eigenvalue weighted by atomic mass is 9.43. The summed E-state index contributed by atoms with van der Waals surface area (Å²) in [5.74, 6) is 7.80. The number of fused-ring (bicyclic) bond motifs is 10. The van der Waals surface area contributed by atoms with Gasteiger partial charge in [-0.25, -0.2) is 0 Å². The molecule has 3 nitrogen and oxygen atoms in total. The molecule has 0 amide bonds. The van der Waals surface area contributed by atoms with Gasteiger partial charge in [0.1, 0.15) is 11.2 Å². The van der Waals surface area contributed by atoms with E-state index in [1.165, 1.54) is 112 Å². The maximum absolute atomic E-state index is 6.93. The van der Waals surface area contributed by atoms with Gasteiger partial charge in [-0.2, -0.15) is 0 Å². The van der Waals surface area contributed by atoms with Crippen molar-refractivity contribution in [2.75, 3.05) is 9.71 Å². The molecule has 1 aromatic heterocycles. The lowest BCUT2D eigenvalue weighted by molar-refractivity contribution is 0.264. The fourth-order valence-electron chi connectivity index (χ4n) is 15.2. The minimum absolute atomic E-state index is 0.0130. The number of rotatable bonds is 3. The first-order valence-electron chi connectivity index (χ1n) is 28.0. The highest BCUT2D eigenvalue weighted by Crippen LogP contribution is 2.57. The van der Waals surface area contributed by atoms with Crippen LogP contribution in [0.3, 0.4) is 0 Å². The standard InChI is InChI=1S/C70H75BN2O/c1-41-33-42(2)61(43(3)34-41)44-35-49-48-39-54-55(70(14,15)32-31-69(54,12)13)40-57(48)73(46-23-24-51-53(38-46)68(10,11)30-28-66(51,6)7)71-56-25-26-60-62(47-20-16-17-22-59(47)74-60)64(56)72(58(36-44)63(49)71)45-19-18-21-50-52(37-45)67(8,9)29-27-65(50,4)5/h16-17,20,22-26,33-40H,21,27-32H2,1-15H3. The van der Waals surface area contributed by atoms with E-state index < -0.39 is 0 Å². The molecule has 374 valence electrons. The molecule has 0 spiro atoms. The Morgan fingerprint density at radius 2 is 1.18 bits per heavy atom. The highest BCUT2D eigenvalue weighted by Gasteiger charge is 2.50. The molecule has 6 aliphatic rings. The number of nitrogens with zero attached hydrogens (tertiary/aromatic N) is 2. The number of aryl methyl sites for hydroxylation is 3. The van der Waals surface area contributed by atoms with E-state index in [1.54, 1.807) is 0 Å². The first kappa shape index (κ1) is 47.5. The molecular weight excluding hydrogens is 896 g/mol. The van der Waals surface area contributed by atoms with E-state index in [-0.39, 0.29) is 39.3 Å². The van der Waals surface area contributed by atoms with E-state index in [4.69, 9.17) is 4.42 Å². The van der Waals surface area contributed by atoms with E-state index in [0.717, 1.165) is 66.2 Å². The summed E-state index contributed by atoms with van der Waals surface area (Å²) in [7, 11) is 0. The molecule has 0 fully saturated rings. The van der Waals surface area contributed by atoms with Gasteiger partial charge in [0.05, 0.1) is 16.8 Å². The van der Waals surface area contributed by atoms with Crippen molar-refractivity contribution in [1.29, 1.82) is 0 Å². The minimum atomic E-state index is -0.166. The van der Waals surface area contributed by atoms with Crippen molar-refractivity contribution < 1.29 is 4.42 Å². The van der Waals surface area contributed by atoms with Crippen molar-refractivity contribution >= 4 is 62.5 Å². The predicted molar refractivity (Wildman–Crippen MR) is 316 cm³/mol. The van der Waals surface area contributed by atoms with Gasteiger partial charge in [-0.1, -0.05) is 137 Å². The van der Waals surface area contributed by atoms with Crippen LogP contribution >= 0.6 is 0 Å². The Morgan fingerprint density at radius 1 is 0.554 bits per heavy atom. The van der Waals surface area contributed by atoms with Crippen LogP contribution in [0.4, 0.5) is 22.7 Å². The summed E-state index contributed by atoms with van der Waals surface area (Å²) in [6.45, 7) is 36.3. The van der Waals surface area contributed by atoms with Crippen LogP contribution in [0, 0.1) is 43.4 Å². The smallest absolute Gasteiger partial charge is 0.333 e. The van der Waals surface area contributed by atoms with Crippen LogP contribution in [0.15, 0.2) is 118 Å². The van der Waals surface area contributed by atoms with Gasteiger partial charge in [0.2, 0.25) is 0 Å². The van der Waals surface area contributed by atoms with Crippen LogP contribution < -0.4 is 20.6 Å². The molecule has 7 aromatic rings. The second-order valence-electron chi connectivity index (χ2n) is 27.7. The van der Waals surface area contributed by atoms with Crippen LogP contribution in [0.2, 0.25) is 0 Å². The average molecular weight is 971 g/mol. The van der Waals surface area contributed by atoms with E-state index >= 15 is 0 Å². The molecule has 74 heavy (non-hydrogen) atoms. The summed E-state index contributed by atoms with van der Waals surface area (Å²) in [5, 5.41) is 2.28. The van der Waals surface area contributed by atoms with Gasteiger partial charge in [0.25, 0.3) is 0 Å². The Labute approximate surface area is 442 Å². The van der Waals surface area contributed by atoms with Gasteiger partial charge in [-0.3, -0.25) is 0 Å². The van der Waals surface area contributed by atoms with Gasteiger partial charge in [0.15, 0.2) is 0 Å². The second kappa shape index (κ2) is 15.5. The van der Waals surface area contributed by atoms with Gasteiger partial charge < -0.3 is 14.1 Å². The number of anilines is 4. The van der Waals surface area contributed by atoms with E-state index in [9.17, 15) is 0 Å². The largest absolute Gasteiger partial charge is 0.456 e. The monoisotopic (exact) mass is 971 g/mol. The summed E-state index contributed by atoms with van der Waals surface area (Å²) >= 11 is 0. The minimum Gasteiger partial charge on any atom is -0.456 e. The van der Waals surface area contributed by atoms with Gasteiger partial charge in [-0.15, -0.1) is 0 Å². The molecule has 0 saturated carbocycles. The average Bonchev–Trinajstić information content (AvgIpc) is 3.60. The molecule has 4 aliphatic carbocycles. The quantitative estimate of drug-likeness (QED) is 0.130. The molecule has 0 saturated heterocycles. The normalized spacial score (nSPS) is 20.9. The first-order valence-corrected chi connectivity index (χ1v) is 28.0. The van der Waals surface area contributed by atoms with Crippen LogP contribution in [-0.2, 0) is 21.7 Å². The van der Waals surface area contributed by atoms with Crippen molar-refractivity contribution in [3.63, 3.8) is 0 Å². The first-order chi connectivity index (χ1) is 34.9.